The number of nitrogens with zero attached hydrogens (tertiary/aromatic N) is 1. The van der Waals surface area contributed by atoms with Crippen LogP contribution in [0.1, 0.15) is 78.5 Å². The van der Waals surface area contributed by atoms with Crippen LogP contribution >= 0.6 is 0 Å². The first kappa shape index (κ1) is 23.1. The van der Waals surface area contributed by atoms with Crippen molar-refractivity contribution in [1.29, 1.82) is 0 Å². The van der Waals surface area contributed by atoms with Gasteiger partial charge < -0.3 is 24.1 Å². The molecule has 2 aliphatic rings. The van der Waals surface area contributed by atoms with Crippen molar-refractivity contribution in [3.05, 3.63) is 29.3 Å². The number of ether oxygens (including phenoxy) is 1. The van der Waals surface area contributed by atoms with Crippen LogP contribution in [-0.2, 0) is 14.0 Å². The molecule has 0 bridgehead atoms. The molecule has 166 valence electrons. The number of carbonyl (C=O) groups is 1. The summed E-state index contributed by atoms with van der Waals surface area (Å²) >= 11 is 0. The first-order valence-electron chi connectivity index (χ1n) is 10.9. The molecule has 3 rings (SSSR count). The van der Waals surface area contributed by atoms with Crippen molar-refractivity contribution in [3.8, 4) is 0 Å². The van der Waals surface area contributed by atoms with Crippen LogP contribution in [0.2, 0.25) is 0 Å². The molecule has 0 radical (unpaired) electrons. The molecular formula is C23H36BNO5. The van der Waals surface area contributed by atoms with Crippen molar-refractivity contribution >= 4 is 18.7 Å². The first-order valence-corrected chi connectivity index (χ1v) is 10.9. The second-order valence-electron chi connectivity index (χ2n) is 10.4. The highest BCUT2D eigenvalue weighted by molar-refractivity contribution is 6.62. The van der Waals surface area contributed by atoms with Gasteiger partial charge in [-0.25, -0.2) is 4.79 Å². The summed E-state index contributed by atoms with van der Waals surface area (Å²) in [4.78, 5) is 14.4. The monoisotopic (exact) mass is 417 g/mol. The van der Waals surface area contributed by atoms with E-state index in [1.165, 1.54) is 0 Å². The number of cyclic esters (lactones) is 1. The lowest BCUT2D eigenvalue weighted by molar-refractivity contribution is -0.0309. The maximum Gasteiger partial charge on any atom is 0.494 e. The number of carbonyl (C=O) groups excluding carboxylic acids is 1. The van der Waals surface area contributed by atoms with Crippen LogP contribution in [-0.4, -0.2) is 52.7 Å². The maximum absolute atomic E-state index is 12.6. The fourth-order valence-electron chi connectivity index (χ4n) is 4.16. The van der Waals surface area contributed by atoms with E-state index in [1.54, 1.807) is 18.7 Å². The Morgan fingerprint density at radius 3 is 2.33 bits per heavy atom. The van der Waals surface area contributed by atoms with E-state index in [2.05, 4.69) is 12.1 Å². The zero-order chi connectivity index (χ0) is 22.5. The van der Waals surface area contributed by atoms with Crippen molar-refractivity contribution in [2.75, 3.05) is 6.54 Å². The summed E-state index contributed by atoms with van der Waals surface area (Å²) in [5.74, 6) is 0. The maximum atomic E-state index is 12.6. The molecule has 30 heavy (non-hydrogen) atoms. The fourth-order valence-corrected chi connectivity index (χ4v) is 4.16. The van der Waals surface area contributed by atoms with Gasteiger partial charge in [-0.2, -0.15) is 0 Å². The van der Waals surface area contributed by atoms with Crippen LogP contribution in [0.25, 0.3) is 0 Å². The molecule has 2 atom stereocenters. The smallest absolute Gasteiger partial charge is 0.446 e. The van der Waals surface area contributed by atoms with Crippen LogP contribution in [0.15, 0.2) is 18.2 Å². The van der Waals surface area contributed by atoms with Gasteiger partial charge in [0, 0.05) is 19.4 Å². The van der Waals surface area contributed by atoms with Crippen LogP contribution < -0.4 is 5.46 Å². The summed E-state index contributed by atoms with van der Waals surface area (Å²) in [5, 5.41) is 10.0. The SMILES string of the molecule is Cc1cc(B2OC(C)(C)C(C)(C)O2)ccc1[C@H](C)N1CC[C@@H](CC(C)(C)O)OC1=O. The number of amides is 1. The van der Waals surface area contributed by atoms with E-state index in [9.17, 15) is 9.90 Å². The van der Waals surface area contributed by atoms with Gasteiger partial charge in [0.05, 0.1) is 22.8 Å². The van der Waals surface area contributed by atoms with E-state index in [0.29, 0.717) is 19.4 Å². The van der Waals surface area contributed by atoms with E-state index in [1.807, 2.05) is 47.6 Å². The average Bonchev–Trinajstić information content (AvgIpc) is 2.80. The summed E-state index contributed by atoms with van der Waals surface area (Å²) in [6.45, 7) is 16.3. The van der Waals surface area contributed by atoms with Crippen LogP contribution in [0.3, 0.4) is 0 Å². The van der Waals surface area contributed by atoms with E-state index >= 15 is 0 Å². The normalized spacial score (nSPS) is 24.7. The Balaban J connectivity index is 1.71. The fraction of sp³-hybridized carbons (Fsp3) is 0.696. The van der Waals surface area contributed by atoms with Crippen molar-refractivity contribution in [3.63, 3.8) is 0 Å². The number of aliphatic hydroxyl groups is 1. The number of benzene rings is 1. The minimum Gasteiger partial charge on any atom is -0.446 e. The van der Waals surface area contributed by atoms with Gasteiger partial charge in [-0.15, -0.1) is 0 Å². The molecule has 2 saturated heterocycles. The first-order chi connectivity index (χ1) is 13.7. The summed E-state index contributed by atoms with van der Waals surface area (Å²) in [7, 11) is -0.402. The number of rotatable bonds is 5. The second kappa shape index (κ2) is 7.84. The Hall–Kier alpha value is -1.57. The predicted molar refractivity (Wildman–Crippen MR) is 118 cm³/mol. The lowest BCUT2D eigenvalue weighted by Crippen LogP contribution is -2.45. The highest BCUT2D eigenvalue weighted by atomic mass is 16.7. The molecule has 2 aliphatic heterocycles. The van der Waals surface area contributed by atoms with E-state index in [-0.39, 0.29) is 29.4 Å². The van der Waals surface area contributed by atoms with Crippen molar-refractivity contribution < 1.29 is 23.9 Å². The lowest BCUT2D eigenvalue weighted by atomic mass is 9.77. The van der Waals surface area contributed by atoms with Crippen LogP contribution in [0, 0.1) is 6.92 Å². The quantitative estimate of drug-likeness (QED) is 0.740. The third-order valence-corrected chi connectivity index (χ3v) is 6.66. The standard InChI is InChI=1S/C23H36BNO5/c1-15-13-17(24-29-22(5,6)23(7,8)30-24)9-10-19(15)16(2)25-12-11-18(28-20(25)26)14-21(3,4)27/h9-10,13,16,18,27H,11-12,14H2,1-8H3/t16-,18-/m0/s1. The number of aryl methyl sites for hydroxylation is 1. The Bertz CT molecular complexity index is 785. The van der Waals surface area contributed by atoms with E-state index < -0.39 is 12.7 Å². The Kier molecular flexibility index (Phi) is 6.04. The predicted octanol–water partition coefficient (Wildman–Crippen LogP) is 3.73. The lowest BCUT2D eigenvalue weighted by Gasteiger charge is -2.37. The minimum absolute atomic E-state index is 0.104. The Labute approximate surface area is 181 Å². The van der Waals surface area contributed by atoms with Crippen molar-refractivity contribution in [2.24, 2.45) is 0 Å². The van der Waals surface area contributed by atoms with Crippen LogP contribution in [0.5, 0.6) is 0 Å². The highest BCUT2D eigenvalue weighted by Crippen LogP contribution is 2.37. The van der Waals surface area contributed by atoms with Gasteiger partial charge >= 0.3 is 13.2 Å². The number of hydrogen-bond acceptors (Lipinski definition) is 5. The molecule has 0 saturated carbocycles. The molecule has 1 N–H and O–H groups in total. The van der Waals surface area contributed by atoms with Gasteiger partial charge in [-0.1, -0.05) is 18.2 Å². The minimum atomic E-state index is -0.849. The summed E-state index contributed by atoms with van der Waals surface area (Å²) in [5.41, 5.74) is 1.53. The summed E-state index contributed by atoms with van der Waals surface area (Å²) < 4.78 is 17.9. The summed E-state index contributed by atoms with van der Waals surface area (Å²) in [6, 6.07) is 6.05. The van der Waals surface area contributed by atoms with Gasteiger partial charge in [0.15, 0.2) is 0 Å². The molecule has 1 aromatic rings. The highest BCUT2D eigenvalue weighted by Gasteiger charge is 2.51. The number of hydrogen-bond donors (Lipinski definition) is 1. The largest absolute Gasteiger partial charge is 0.494 e. The molecule has 6 nitrogen and oxygen atoms in total. The van der Waals surface area contributed by atoms with E-state index in [0.717, 1.165) is 16.6 Å². The van der Waals surface area contributed by atoms with Gasteiger partial charge in [0.2, 0.25) is 0 Å². The molecule has 0 aliphatic carbocycles. The van der Waals surface area contributed by atoms with Crippen molar-refractivity contribution in [1.82, 2.24) is 4.90 Å². The van der Waals surface area contributed by atoms with Gasteiger partial charge in [-0.05, 0) is 72.0 Å². The summed E-state index contributed by atoms with van der Waals surface area (Å²) in [6.07, 6.45) is 0.596. The Morgan fingerprint density at radius 1 is 1.23 bits per heavy atom. The van der Waals surface area contributed by atoms with Crippen molar-refractivity contribution in [2.45, 2.75) is 97.2 Å². The molecule has 0 spiro atoms. The molecular weight excluding hydrogens is 381 g/mol. The molecule has 0 unspecified atom stereocenters. The zero-order valence-corrected chi connectivity index (χ0v) is 19.6. The van der Waals surface area contributed by atoms with Gasteiger partial charge in [0.1, 0.15) is 6.10 Å². The molecule has 2 fully saturated rings. The molecule has 7 heteroatoms. The second-order valence-corrected chi connectivity index (χ2v) is 10.4. The van der Waals surface area contributed by atoms with Gasteiger partial charge in [-0.3, -0.25) is 0 Å². The molecule has 1 aromatic carbocycles. The molecule has 2 heterocycles. The average molecular weight is 417 g/mol. The molecule has 1 amide bonds. The zero-order valence-electron chi connectivity index (χ0n) is 19.6. The van der Waals surface area contributed by atoms with Gasteiger partial charge in [0.25, 0.3) is 0 Å². The van der Waals surface area contributed by atoms with Crippen LogP contribution in [0.4, 0.5) is 4.79 Å². The molecule has 0 aromatic heterocycles. The van der Waals surface area contributed by atoms with E-state index in [4.69, 9.17) is 14.0 Å². The topological polar surface area (TPSA) is 68.2 Å². The third kappa shape index (κ3) is 4.68. The Morgan fingerprint density at radius 2 is 1.83 bits per heavy atom. The third-order valence-electron chi connectivity index (χ3n) is 6.66.